The zero-order chi connectivity index (χ0) is 20.1. The molecular weight excluding hydrogens is 362 g/mol. The lowest BCUT2D eigenvalue weighted by Crippen LogP contribution is -2.25. The van der Waals surface area contributed by atoms with E-state index in [0.717, 1.165) is 61.1 Å². The summed E-state index contributed by atoms with van der Waals surface area (Å²) in [6, 6.07) is 16.2. The molecule has 1 aliphatic heterocycles. The summed E-state index contributed by atoms with van der Waals surface area (Å²) < 4.78 is 5.68. The van der Waals surface area contributed by atoms with Crippen LogP contribution in [0.15, 0.2) is 53.1 Å². The number of hydrogen-bond acceptors (Lipinski definition) is 6. The standard InChI is InChI=1S/C23H25N5O/c1-17-9-12-20(29-17)5-3-13-28-14-4-7-22(28)21-6-2-8-23(27-21)26-19-11-10-18(15-24)25-16-19/h2,6,8-12,16,22H,3-5,7,13-14H2,1H3,(H,26,27). The number of aromatic nitrogens is 2. The summed E-state index contributed by atoms with van der Waals surface area (Å²) >= 11 is 0. The van der Waals surface area contributed by atoms with Gasteiger partial charge in [0.2, 0.25) is 0 Å². The molecule has 4 heterocycles. The molecule has 0 aromatic carbocycles. The number of nitrogens with one attached hydrogen (secondary N) is 1. The van der Waals surface area contributed by atoms with Crippen molar-refractivity contribution < 1.29 is 4.42 Å². The van der Waals surface area contributed by atoms with E-state index >= 15 is 0 Å². The van der Waals surface area contributed by atoms with Gasteiger partial charge in [-0.1, -0.05) is 6.07 Å². The average Bonchev–Trinajstić information content (AvgIpc) is 3.38. The molecule has 3 aromatic heterocycles. The largest absolute Gasteiger partial charge is 0.466 e. The lowest BCUT2D eigenvalue weighted by atomic mass is 10.1. The second-order valence-electron chi connectivity index (χ2n) is 7.43. The van der Waals surface area contributed by atoms with Gasteiger partial charge in [-0.2, -0.15) is 5.26 Å². The molecule has 0 spiro atoms. The summed E-state index contributed by atoms with van der Waals surface area (Å²) in [4.78, 5) is 11.5. The van der Waals surface area contributed by atoms with Crippen molar-refractivity contribution in [3.63, 3.8) is 0 Å². The highest BCUT2D eigenvalue weighted by molar-refractivity contribution is 5.55. The zero-order valence-corrected chi connectivity index (χ0v) is 16.6. The fourth-order valence-electron chi connectivity index (χ4n) is 3.89. The Morgan fingerprint density at radius 3 is 2.93 bits per heavy atom. The first-order valence-electron chi connectivity index (χ1n) is 10.1. The molecular formula is C23H25N5O. The number of pyridine rings is 2. The minimum absolute atomic E-state index is 0.356. The summed E-state index contributed by atoms with van der Waals surface area (Å²) in [5.41, 5.74) is 2.33. The number of nitrogens with zero attached hydrogens (tertiary/aromatic N) is 4. The topological polar surface area (TPSA) is 78.0 Å². The Morgan fingerprint density at radius 2 is 2.17 bits per heavy atom. The van der Waals surface area contributed by atoms with Crippen LogP contribution in [0.2, 0.25) is 0 Å². The molecule has 0 radical (unpaired) electrons. The van der Waals surface area contributed by atoms with E-state index in [2.05, 4.69) is 27.3 Å². The summed E-state index contributed by atoms with van der Waals surface area (Å²) in [7, 11) is 0. The van der Waals surface area contributed by atoms with Crippen LogP contribution in [-0.4, -0.2) is 28.0 Å². The van der Waals surface area contributed by atoms with Crippen LogP contribution in [0.4, 0.5) is 11.5 Å². The number of rotatable bonds is 7. The lowest BCUT2D eigenvalue weighted by molar-refractivity contribution is 0.248. The summed E-state index contributed by atoms with van der Waals surface area (Å²) in [5, 5.41) is 12.2. The van der Waals surface area contributed by atoms with Crippen LogP contribution in [0.25, 0.3) is 0 Å². The number of furan rings is 1. The Morgan fingerprint density at radius 1 is 1.24 bits per heavy atom. The first-order valence-corrected chi connectivity index (χ1v) is 10.1. The van der Waals surface area contributed by atoms with E-state index in [0.29, 0.717) is 11.7 Å². The van der Waals surface area contributed by atoms with Crippen molar-refractivity contribution >= 4 is 11.5 Å². The van der Waals surface area contributed by atoms with E-state index in [-0.39, 0.29) is 0 Å². The molecule has 6 heteroatoms. The molecule has 1 fully saturated rings. The molecule has 1 unspecified atom stereocenters. The second kappa shape index (κ2) is 8.89. The van der Waals surface area contributed by atoms with Crippen LogP contribution in [0.1, 0.15) is 48.2 Å². The molecule has 3 aromatic rings. The molecule has 0 amide bonds. The maximum Gasteiger partial charge on any atom is 0.140 e. The van der Waals surface area contributed by atoms with Crippen LogP contribution in [-0.2, 0) is 6.42 Å². The van der Waals surface area contributed by atoms with E-state index in [1.54, 1.807) is 12.3 Å². The third-order valence-electron chi connectivity index (χ3n) is 5.29. The van der Waals surface area contributed by atoms with Crippen molar-refractivity contribution in [3.05, 3.63) is 71.6 Å². The van der Waals surface area contributed by atoms with Gasteiger partial charge in [-0.3, -0.25) is 4.90 Å². The van der Waals surface area contributed by atoms with E-state index in [9.17, 15) is 0 Å². The quantitative estimate of drug-likeness (QED) is 0.629. The molecule has 1 saturated heterocycles. The van der Waals surface area contributed by atoms with Gasteiger partial charge in [0, 0.05) is 6.42 Å². The molecule has 1 N–H and O–H groups in total. The number of nitriles is 1. The van der Waals surface area contributed by atoms with Gasteiger partial charge in [0.25, 0.3) is 0 Å². The van der Waals surface area contributed by atoms with Crippen LogP contribution in [0.5, 0.6) is 0 Å². The number of anilines is 2. The highest BCUT2D eigenvalue weighted by Crippen LogP contribution is 2.31. The Hall–Kier alpha value is -3.17. The van der Waals surface area contributed by atoms with E-state index < -0.39 is 0 Å². The SMILES string of the molecule is Cc1ccc(CCCN2CCCC2c2cccc(Nc3ccc(C#N)nc3)n2)o1. The van der Waals surface area contributed by atoms with Gasteiger partial charge in [-0.05, 0) is 75.7 Å². The second-order valence-corrected chi connectivity index (χ2v) is 7.43. The maximum atomic E-state index is 8.87. The first-order chi connectivity index (χ1) is 14.2. The van der Waals surface area contributed by atoms with Crippen LogP contribution < -0.4 is 5.32 Å². The van der Waals surface area contributed by atoms with Gasteiger partial charge in [-0.25, -0.2) is 9.97 Å². The molecule has 0 aliphatic carbocycles. The predicted octanol–water partition coefficient (Wildman–Crippen LogP) is 4.76. The highest BCUT2D eigenvalue weighted by atomic mass is 16.3. The fourth-order valence-corrected chi connectivity index (χ4v) is 3.89. The fraction of sp³-hybridized carbons (Fsp3) is 0.348. The molecule has 29 heavy (non-hydrogen) atoms. The number of aryl methyl sites for hydroxylation is 2. The molecule has 6 nitrogen and oxygen atoms in total. The van der Waals surface area contributed by atoms with Crippen molar-refractivity contribution in [2.75, 3.05) is 18.4 Å². The van der Waals surface area contributed by atoms with Crippen molar-refractivity contribution in [3.8, 4) is 6.07 Å². The Bertz CT molecular complexity index is 989. The van der Waals surface area contributed by atoms with Crippen molar-refractivity contribution in [1.29, 1.82) is 5.26 Å². The smallest absolute Gasteiger partial charge is 0.140 e. The molecule has 0 bridgehead atoms. The van der Waals surface area contributed by atoms with Gasteiger partial charge >= 0.3 is 0 Å². The average molecular weight is 387 g/mol. The Kier molecular flexibility index (Phi) is 5.87. The summed E-state index contributed by atoms with van der Waals surface area (Å²) in [6.45, 7) is 4.14. The van der Waals surface area contributed by atoms with Gasteiger partial charge in [0.15, 0.2) is 0 Å². The van der Waals surface area contributed by atoms with Crippen LogP contribution in [0.3, 0.4) is 0 Å². The van der Waals surface area contributed by atoms with Crippen molar-refractivity contribution in [2.24, 2.45) is 0 Å². The minimum Gasteiger partial charge on any atom is -0.466 e. The van der Waals surface area contributed by atoms with Gasteiger partial charge in [0.05, 0.1) is 23.6 Å². The Balaban J connectivity index is 1.38. The molecule has 0 saturated carbocycles. The monoisotopic (exact) mass is 387 g/mol. The molecule has 148 valence electrons. The molecule has 4 rings (SSSR count). The van der Waals surface area contributed by atoms with Crippen molar-refractivity contribution in [2.45, 2.75) is 38.6 Å². The number of hydrogen-bond donors (Lipinski definition) is 1. The van der Waals surface area contributed by atoms with Crippen LogP contribution in [0, 0.1) is 18.3 Å². The van der Waals surface area contributed by atoms with Gasteiger partial charge in [-0.15, -0.1) is 0 Å². The van der Waals surface area contributed by atoms with E-state index in [4.69, 9.17) is 14.7 Å². The highest BCUT2D eigenvalue weighted by Gasteiger charge is 2.26. The summed E-state index contributed by atoms with van der Waals surface area (Å²) in [5.74, 6) is 2.84. The third kappa shape index (κ3) is 4.82. The van der Waals surface area contributed by atoms with Gasteiger partial charge < -0.3 is 9.73 Å². The molecule has 1 aliphatic rings. The third-order valence-corrected chi connectivity index (χ3v) is 5.29. The Labute approximate surface area is 171 Å². The normalized spacial score (nSPS) is 16.6. The van der Waals surface area contributed by atoms with Crippen molar-refractivity contribution in [1.82, 2.24) is 14.9 Å². The van der Waals surface area contributed by atoms with E-state index in [1.165, 1.54) is 6.42 Å². The molecule has 1 atom stereocenters. The summed E-state index contributed by atoms with van der Waals surface area (Å²) in [6.07, 6.45) is 6.04. The van der Waals surface area contributed by atoms with E-state index in [1.807, 2.05) is 37.3 Å². The minimum atomic E-state index is 0.356. The zero-order valence-electron chi connectivity index (χ0n) is 16.6. The lowest BCUT2D eigenvalue weighted by Gasteiger charge is -2.24. The van der Waals surface area contributed by atoms with Gasteiger partial charge in [0.1, 0.15) is 29.1 Å². The number of likely N-dealkylation sites (tertiary alicyclic amines) is 1. The maximum absolute atomic E-state index is 8.87. The first kappa shape index (κ1) is 19.2. The van der Waals surface area contributed by atoms with Crippen LogP contribution >= 0.6 is 0 Å². The predicted molar refractivity (Wildman–Crippen MR) is 112 cm³/mol.